The molecule has 1 fully saturated rings. The highest BCUT2D eigenvalue weighted by Crippen LogP contribution is 2.21. The second-order valence-corrected chi connectivity index (χ2v) is 4.96. The van der Waals surface area contributed by atoms with Gasteiger partial charge in [0, 0.05) is 6.04 Å². The van der Waals surface area contributed by atoms with Crippen molar-refractivity contribution in [3.05, 3.63) is 29.3 Å². The number of anilines is 1. The Morgan fingerprint density at radius 2 is 2.00 bits per heavy atom. The smallest absolute Gasteiger partial charge is 0.238 e. The number of halogens is 2. The lowest BCUT2D eigenvalue weighted by Gasteiger charge is -2.13. The van der Waals surface area contributed by atoms with Gasteiger partial charge in [0.1, 0.15) is 11.5 Å². The fraction of sp³-hybridized carbons (Fsp3) is 0.500. The summed E-state index contributed by atoms with van der Waals surface area (Å²) in [5, 5.41) is 5.39. The van der Waals surface area contributed by atoms with Crippen LogP contribution in [-0.2, 0) is 4.79 Å². The van der Waals surface area contributed by atoms with E-state index < -0.39 is 17.5 Å². The summed E-state index contributed by atoms with van der Waals surface area (Å²) in [5.74, 6) is -1.89. The number of rotatable bonds is 4. The van der Waals surface area contributed by atoms with Crippen molar-refractivity contribution in [3.63, 3.8) is 0 Å². The first-order chi connectivity index (χ1) is 9.08. The fourth-order valence-electron chi connectivity index (χ4n) is 2.32. The quantitative estimate of drug-likeness (QED) is 0.881. The Hall–Kier alpha value is -1.49. The number of carbonyl (C=O) groups is 1. The van der Waals surface area contributed by atoms with Gasteiger partial charge in [-0.3, -0.25) is 4.79 Å². The molecule has 19 heavy (non-hydrogen) atoms. The van der Waals surface area contributed by atoms with Crippen LogP contribution in [0.1, 0.15) is 31.2 Å². The van der Waals surface area contributed by atoms with Gasteiger partial charge in [-0.25, -0.2) is 8.78 Å². The summed E-state index contributed by atoms with van der Waals surface area (Å²) in [6.45, 7) is 1.61. The summed E-state index contributed by atoms with van der Waals surface area (Å²) >= 11 is 0. The third-order valence-electron chi connectivity index (χ3n) is 3.46. The number of aryl methyl sites for hydroxylation is 1. The van der Waals surface area contributed by atoms with Crippen molar-refractivity contribution in [3.8, 4) is 0 Å². The van der Waals surface area contributed by atoms with E-state index in [4.69, 9.17) is 0 Å². The lowest BCUT2D eigenvalue weighted by atomic mass is 10.2. The first kappa shape index (κ1) is 13.9. The Balaban J connectivity index is 1.93. The Bertz CT molecular complexity index is 471. The zero-order chi connectivity index (χ0) is 13.8. The summed E-state index contributed by atoms with van der Waals surface area (Å²) in [6.07, 6.45) is 4.45. The molecule has 0 radical (unpaired) electrons. The summed E-state index contributed by atoms with van der Waals surface area (Å²) in [4.78, 5) is 11.7. The molecule has 1 aliphatic rings. The molecule has 0 atom stereocenters. The molecule has 0 aliphatic heterocycles. The van der Waals surface area contributed by atoms with E-state index >= 15 is 0 Å². The number of hydrogen-bond donors (Lipinski definition) is 2. The summed E-state index contributed by atoms with van der Waals surface area (Å²) < 4.78 is 27.1. The topological polar surface area (TPSA) is 41.1 Å². The Morgan fingerprint density at radius 3 is 2.68 bits per heavy atom. The number of benzene rings is 1. The van der Waals surface area contributed by atoms with Crippen molar-refractivity contribution >= 4 is 11.6 Å². The second-order valence-electron chi connectivity index (χ2n) is 4.96. The van der Waals surface area contributed by atoms with Crippen molar-refractivity contribution in [2.45, 2.75) is 38.6 Å². The minimum absolute atomic E-state index is 0.0808. The highest BCUT2D eigenvalue weighted by Gasteiger charge is 2.17. The van der Waals surface area contributed by atoms with Crippen LogP contribution in [0.25, 0.3) is 0 Å². The molecule has 1 amide bonds. The molecule has 1 saturated carbocycles. The molecule has 0 bridgehead atoms. The molecule has 1 aromatic carbocycles. The lowest BCUT2D eigenvalue weighted by molar-refractivity contribution is -0.115. The van der Waals surface area contributed by atoms with Crippen LogP contribution in [0.4, 0.5) is 14.5 Å². The van der Waals surface area contributed by atoms with Gasteiger partial charge in [0.15, 0.2) is 5.82 Å². The van der Waals surface area contributed by atoms with Gasteiger partial charge in [-0.05, 0) is 31.4 Å². The van der Waals surface area contributed by atoms with Gasteiger partial charge in [-0.1, -0.05) is 18.9 Å². The Labute approximate surface area is 111 Å². The monoisotopic (exact) mass is 268 g/mol. The van der Waals surface area contributed by atoms with Crippen LogP contribution in [0.2, 0.25) is 0 Å². The lowest BCUT2D eigenvalue weighted by Crippen LogP contribution is -2.34. The average molecular weight is 268 g/mol. The average Bonchev–Trinajstić information content (AvgIpc) is 2.90. The molecule has 0 aromatic heterocycles. The molecule has 2 N–H and O–H groups in total. The summed E-state index contributed by atoms with van der Waals surface area (Å²) in [7, 11) is 0. The highest BCUT2D eigenvalue weighted by molar-refractivity contribution is 5.92. The van der Waals surface area contributed by atoms with Crippen molar-refractivity contribution < 1.29 is 13.6 Å². The number of amides is 1. The minimum atomic E-state index is -0.752. The number of carbonyl (C=O) groups excluding carboxylic acids is 1. The standard InChI is InChI=1S/C14H18F2N2O/c1-9-6-7-11(15)14(13(9)16)18-12(19)8-17-10-4-2-3-5-10/h6-7,10,17H,2-5,8H2,1H3,(H,18,19). The van der Waals surface area contributed by atoms with Gasteiger partial charge in [-0.15, -0.1) is 0 Å². The molecule has 0 unspecified atom stereocenters. The van der Waals surface area contributed by atoms with Gasteiger partial charge in [0.2, 0.25) is 5.91 Å². The Morgan fingerprint density at radius 1 is 1.32 bits per heavy atom. The summed E-state index contributed by atoms with van der Waals surface area (Å²) in [5.41, 5.74) is -0.0568. The van der Waals surface area contributed by atoms with Crippen molar-refractivity contribution in [2.24, 2.45) is 0 Å². The van der Waals surface area contributed by atoms with Gasteiger partial charge in [0.05, 0.1) is 6.54 Å². The minimum Gasteiger partial charge on any atom is -0.320 e. The number of hydrogen-bond acceptors (Lipinski definition) is 2. The predicted octanol–water partition coefficient (Wildman–Crippen LogP) is 2.74. The summed E-state index contributed by atoms with van der Waals surface area (Å²) in [6, 6.07) is 2.84. The molecule has 1 aliphatic carbocycles. The van der Waals surface area contributed by atoms with Crippen molar-refractivity contribution in [1.29, 1.82) is 0 Å². The second kappa shape index (κ2) is 6.10. The van der Waals surface area contributed by atoms with E-state index in [0.29, 0.717) is 11.6 Å². The van der Waals surface area contributed by atoms with E-state index in [2.05, 4.69) is 10.6 Å². The van der Waals surface area contributed by atoms with Crippen molar-refractivity contribution in [1.82, 2.24) is 5.32 Å². The molecule has 1 aromatic rings. The zero-order valence-electron chi connectivity index (χ0n) is 10.9. The predicted molar refractivity (Wildman–Crippen MR) is 70.0 cm³/mol. The molecular weight excluding hydrogens is 250 g/mol. The van der Waals surface area contributed by atoms with E-state index in [1.54, 1.807) is 0 Å². The Kier molecular flexibility index (Phi) is 4.47. The number of nitrogens with one attached hydrogen (secondary N) is 2. The molecule has 2 rings (SSSR count). The van der Waals surface area contributed by atoms with E-state index in [1.807, 2.05) is 0 Å². The fourth-order valence-corrected chi connectivity index (χ4v) is 2.32. The van der Waals surface area contributed by atoms with Crippen molar-refractivity contribution in [2.75, 3.05) is 11.9 Å². The molecule has 3 nitrogen and oxygen atoms in total. The molecule has 0 saturated heterocycles. The maximum Gasteiger partial charge on any atom is 0.238 e. The zero-order valence-corrected chi connectivity index (χ0v) is 10.9. The van der Waals surface area contributed by atoms with E-state index in [1.165, 1.54) is 25.8 Å². The molecule has 5 heteroatoms. The van der Waals surface area contributed by atoms with Crippen LogP contribution in [0.3, 0.4) is 0 Å². The first-order valence-corrected chi connectivity index (χ1v) is 6.56. The van der Waals surface area contributed by atoms with Crippen LogP contribution >= 0.6 is 0 Å². The molecule has 0 heterocycles. The van der Waals surface area contributed by atoms with E-state index in [0.717, 1.165) is 18.9 Å². The molecule has 104 valence electrons. The first-order valence-electron chi connectivity index (χ1n) is 6.56. The maximum absolute atomic E-state index is 13.7. The van der Waals surface area contributed by atoms with Crippen LogP contribution in [-0.4, -0.2) is 18.5 Å². The van der Waals surface area contributed by atoms with E-state index in [9.17, 15) is 13.6 Å². The molecule has 0 spiro atoms. The SMILES string of the molecule is Cc1ccc(F)c(NC(=O)CNC2CCCC2)c1F. The largest absolute Gasteiger partial charge is 0.320 e. The molecular formula is C14H18F2N2O. The van der Waals surface area contributed by atoms with Gasteiger partial charge in [0.25, 0.3) is 0 Å². The normalized spacial score (nSPS) is 15.7. The maximum atomic E-state index is 13.7. The van der Waals surface area contributed by atoms with Gasteiger partial charge < -0.3 is 10.6 Å². The van der Waals surface area contributed by atoms with E-state index in [-0.39, 0.29) is 12.2 Å². The van der Waals surface area contributed by atoms with Crippen LogP contribution in [0.5, 0.6) is 0 Å². The van der Waals surface area contributed by atoms with Gasteiger partial charge >= 0.3 is 0 Å². The van der Waals surface area contributed by atoms with Crippen LogP contribution in [0.15, 0.2) is 12.1 Å². The highest BCUT2D eigenvalue weighted by atomic mass is 19.1. The third kappa shape index (κ3) is 3.50. The van der Waals surface area contributed by atoms with Crippen LogP contribution < -0.4 is 10.6 Å². The third-order valence-corrected chi connectivity index (χ3v) is 3.46. The van der Waals surface area contributed by atoms with Gasteiger partial charge in [-0.2, -0.15) is 0 Å². The van der Waals surface area contributed by atoms with Crippen LogP contribution in [0, 0.1) is 18.6 Å².